The number of carbonyl (C=O) groups is 1. The van der Waals surface area contributed by atoms with Crippen LogP contribution in [0.1, 0.15) is 0 Å². The van der Waals surface area contributed by atoms with Crippen molar-refractivity contribution in [3.8, 4) is 11.3 Å². The van der Waals surface area contributed by atoms with Gasteiger partial charge in [-0.3, -0.25) is 9.78 Å². The van der Waals surface area contributed by atoms with E-state index in [-0.39, 0.29) is 12.5 Å². The van der Waals surface area contributed by atoms with Gasteiger partial charge in [0.05, 0.1) is 11.2 Å². The second-order valence-corrected chi connectivity index (χ2v) is 6.88. The van der Waals surface area contributed by atoms with Crippen molar-refractivity contribution in [2.24, 2.45) is 0 Å². The van der Waals surface area contributed by atoms with E-state index in [1.165, 1.54) is 0 Å². The minimum atomic E-state index is 0.0494. The maximum absolute atomic E-state index is 11.9. The molecule has 0 atom stereocenters. The van der Waals surface area contributed by atoms with E-state index in [1.54, 1.807) is 19.5 Å². The first-order chi connectivity index (χ1) is 14.2. The van der Waals surface area contributed by atoms with Gasteiger partial charge in [0.2, 0.25) is 5.91 Å². The largest absolute Gasteiger partial charge is 0.375 e. The number of amides is 1. The molecule has 8 nitrogen and oxygen atoms in total. The highest BCUT2D eigenvalue weighted by Gasteiger charge is 2.21. The van der Waals surface area contributed by atoms with Gasteiger partial charge in [-0.15, -0.1) is 0 Å². The van der Waals surface area contributed by atoms with Crippen LogP contribution in [0.3, 0.4) is 0 Å². The first-order valence-electron chi connectivity index (χ1n) is 9.61. The molecule has 0 saturated carbocycles. The summed E-state index contributed by atoms with van der Waals surface area (Å²) in [6, 6.07) is 10.3. The molecule has 8 heteroatoms. The number of aromatic nitrogens is 3. The number of pyridine rings is 1. The van der Waals surface area contributed by atoms with Gasteiger partial charge >= 0.3 is 0 Å². The minimum absolute atomic E-state index is 0.0494. The van der Waals surface area contributed by atoms with Gasteiger partial charge in [-0.1, -0.05) is 12.1 Å². The molecular formula is C21H24N6O2. The molecule has 1 aromatic carbocycles. The molecule has 1 aliphatic rings. The number of nitrogens with one attached hydrogen (secondary N) is 1. The van der Waals surface area contributed by atoms with Crippen molar-refractivity contribution in [2.45, 2.75) is 0 Å². The van der Waals surface area contributed by atoms with E-state index in [1.807, 2.05) is 18.0 Å². The Morgan fingerprint density at radius 3 is 2.52 bits per heavy atom. The van der Waals surface area contributed by atoms with Crippen molar-refractivity contribution in [3.05, 3.63) is 42.7 Å². The summed E-state index contributed by atoms with van der Waals surface area (Å²) in [5.74, 6) is 0.764. The number of rotatable bonds is 5. The summed E-state index contributed by atoms with van der Waals surface area (Å²) in [5, 5.41) is 3.10. The van der Waals surface area contributed by atoms with Crippen LogP contribution in [0.25, 0.3) is 22.3 Å². The summed E-state index contributed by atoms with van der Waals surface area (Å²) in [4.78, 5) is 29.6. The van der Waals surface area contributed by atoms with Gasteiger partial charge in [-0.05, 0) is 18.2 Å². The number of piperazine rings is 1. The number of hydrogen-bond acceptors (Lipinski definition) is 7. The molecule has 0 aliphatic carbocycles. The molecule has 1 N–H and O–H groups in total. The van der Waals surface area contributed by atoms with Gasteiger partial charge in [0.15, 0.2) is 5.82 Å². The monoisotopic (exact) mass is 392 g/mol. The van der Waals surface area contributed by atoms with Crippen molar-refractivity contribution in [2.75, 3.05) is 57.2 Å². The molecule has 0 unspecified atom stereocenters. The van der Waals surface area contributed by atoms with Crippen molar-refractivity contribution in [1.29, 1.82) is 0 Å². The van der Waals surface area contributed by atoms with Crippen molar-refractivity contribution in [1.82, 2.24) is 19.9 Å². The Balaban J connectivity index is 1.50. The topological polar surface area (TPSA) is 83.5 Å². The molecule has 3 aromatic rings. The summed E-state index contributed by atoms with van der Waals surface area (Å²) in [6.07, 6.45) is 3.35. The number of methoxy groups -OCH3 is 1. The first-order valence-corrected chi connectivity index (χ1v) is 9.61. The predicted octanol–water partition coefficient (Wildman–Crippen LogP) is 2.03. The highest BCUT2D eigenvalue weighted by Crippen LogP contribution is 2.27. The fraction of sp³-hybridized carbons (Fsp3) is 0.333. The third-order valence-electron chi connectivity index (χ3n) is 5.12. The molecule has 1 fully saturated rings. The number of fused-ring (bicyclic) bond motifs is 1. The fourth-order valence-corrected chi connectivity index (χ4v) is 3.57. The lowest BCUT2D eigenvalue weighted by Crippen LogP contribution is -2.49. The highest BCUT2D eigenvalue weighted by atomic mass is 16.5. The lowest BCUT2D eigenvalue weighted by Gasteiger charge is -2.36. The lowest BCUT2D eigenvalue weighted by atomic mass is 10.1. The molecule has 1 saturated heterocycles. The standard InChI is InChI=1S/C21H24N6O2/c1-22-21-20-18(23-7-8-24-20)13-17(25-21)15-3-5-16(6-4-15)26-9-11-27(12-10-26)19(28)14-29-2/h3-8,13H,9-12,14H2,1-2H3,(H,22,25). The van der Waals surface area contributed by atoms with E-state index in [9.17, 15) is 4.79 Å². The number of ether oxygens (including phenoxy) is 1. The molecule has 2 aromatic heterocycles. The van der Waals surface area contributed by atoms with E-state index in [0.29, 0.717) is 18.9 Å². The van der Waals surface area contributed by atoms with Crippen molar-refractivity contribution < 1.29 is 9.53 Å². The zero-order valence-electron chi connectivity index (χ0n) is 16.6. The summed E-state index contributed by atoms with van der Waals surface area (Å²) < 4.78 is 4.94. The number of benzene rings is 1. The van der Waals surface area contributed by atoms with E-state index in [0.717, 1.165) is 41.1 Å². The van der Waals surface area contributed by atoms with Crippen LogP contribution < -0.4 is 10.2 Å². The van der Waals surface area contributed by atoms with Gasteiger partial charge in [-0.2, -0.15) is 0 Å². The minimum Gasteiger partial charge on any atom is -0.375 e. The molecule has 1 amide bonds. The molecule has 4 rings (SSSR count). The smallest absolute Gasteiger partial charge is 0.248 e. The van der Waals surface area contributed by atoms with E-state index in [2.05, 4.69) is 44.5 Å². The second kappa shape index (κ2) is 8.40. The van der Waals surface area contributed by atoms with Crippen LogP contribution in [0.2, 0.25) is 0 Å². The van der Waals surface area contributed by atoms with Crippen LogP contribution >= 0.6 is 0 Å². The normalized spacial score (nSPS) is 14.3. The Morgan fingerprint density at radius 2 is 1.83 bits per heavy atom. The van der Waals surface area contributed by atoms with Crippen LogP contribution in [0.5, 0.6) is 0 Å². The number of carbonyl (C=O) groups excluding carboxylic acids is 1. The van der Waals surface area contributed by atoms with Crippen LogP contribution in [0, 0.1) is 0 Å². The third kappa shape index (κ3) is 3.97. The zero-order chi connectivity index (χ0) is 20.2. The summed E-state index contributed by atoms with van der Waals surface area (Å²) in [5.41, 5.74) is 4.58. The van der Waals surface area contributed by atoms with E-state index >= 15 is 0 Å². The maximum atomic E-state index is 11.9. The van der Waals surface area contributed by atoms with Gasteiger partial charge in [-0.25, -0.2) is 9.97 Å². The van der Waals surface area contributed by atoms with Gasteiger partial charge in [0.25, 0.3) is 0 Å². The van der Waals surface area contributed by atoms with Crippen LogP contribution in [-0.2, 0) is 9.53 Å². The average Bonchev–Trinajstić information content (AvgIpc) is 2.78. The fourth-order valence-electron chi connectivity index (χ4n) is 3.57. The molecule has 0 spiro atoms. The van der Waals surface area contributed by atoms with E-state index in [4.69, 9.17) is 9.72 Å². The average molecular weight is 392 g/mol. The molecule has 3 heterocycles. The SMILES string of the molecule is CNc1nc(-c2ccc(N3CCN(C(=O)COC)CC3)cc2)cc2nccnc12. The summed E-state index contributed by atoms with van der Waals surface area (Å²) in [7, 11) is 3.38. The molecule has 29 heavy (non-hydrogen) atoms. The lowest BCUT2D eigenvalue weighted by molar-refractivity contribution is -0.135. The van der Waals surface area contributed by atoms with Crippen molar-refractivity contribution >= 4 is 28.4 Å². The Bertz CT molecular complexity index is 1000. The van der Waals surface area contributed by atoms with Crippen LogP contribution in [-0.4, -0.2) is 72.7 Å². The Morgan fingerprint density at radius 1 is 1.10 bits per heavy atom. The van der Waals surface area contributed by atoms with Crippen molar-refractivity contribution in [3.63, 3.8) is 0 Å². The Hall–Kier alpha value is -3.26. The molecule has 0 radical (unpaired) electrons. The van der Waals surface area contributed by atoms with Crippen LogP contribution in [0.15, 0.2) is 42.7 Å². The Labute approximate surface area is 169 Å². The third-order valence-corrected chi connectivity index (χ3v) is 5.12. The molecular weight excluding hydrogens is 368 g/mol. The quantitative estimate of drug-likeness (QED) is 0.711. The number of hydrogen-bond donors (Lipinski definition) is 1. The van der Waals surface area contributed by atoms with Gasteiger partial charge < -0.3 is 19.9 Å². The molecule has 0 bridgehead atoms. The van der Waals surface area contributed by atoms with E-state index < -0.39 is 0 Å². The molecule has 1 aliphatic heterocycles. The Kier molecular flexibility index (Phi) is 5.53. The van der Waals surface area contributed by atoms with Gasteiger partial charge in [0, 0.05) is 64.0 Å². The number of nitrogens with zero attached hydrogens (tertiary/aromatic N) is 5. The molecule has 150 valence electrons. The first kappa shape index (κ1) is 19.1. The highest BCUT2D eigenvalue weighted by molar-refractivity contribution is 5.88. The van der Waals surface area contributed by atoms with Crippen LogP contribution in [0.4, 0.5) is 11.5 Å². The second-order valence-electron chi connectivity index (χ2n) is 6.88. The maximum Gasteiger partial charge on any atom is 0.248 e. The summed E-state index contributed by atoms with van der Waals surface area (Å²) in [6.45, 7) is 3.18. The predicted molar refractivity (Wildman–Crippen MR) is 113 cm³/mol. The summed E-state index contributed by atoms with van der Waals surface area (Å²) >= 11 is 0. The number of anilines is 2. The zero-order valence-corrected chi connectivity index (χ0v) is 16.6. The van der Waals surface area contributed by atoms with Gasteiger partial charge in [0.1, 0.15) is 12.1 Å².